The quantitative estimate of drug-likeness (QED) is 0.542. The van der Waals surface area contributed by atoms with Gasteiger partial charge < -0.3 is 5.32 Å². The Kier molecular flexibility index (Phi) is 5.18. The van der Waals surface area contributed by atoms with Gasteiger partial charge in [-0.05, 0) is 38.2 Å². The van der Waals surface area contributed by atoms with Crippen LogP contribution in [-0.2, 0) is 11.3 Å². The van der Waals surface area contributed by atoms with Crippen LogP contribution in [0, 0.1) is 6.92 Å². The Bertz CT molecular complexity index is 1070. The predicted molar refractivity (Wildman–Crippen MR) is 113 cm³/mol. The minimum atomic E-state index is -0.0827. The normalized spacial score (nSPS) is 11.2. The van der Waals surface area contributed by atoms with Crippen LogP contribution in [0.25, 0.3) is 15.9 Å². The van der Waals surface area contributed by atoms with Gasteiger partial charge >= 0.3 is 0 Å². The molecule has 4 rings (SSSR count). The van der Waals surface area contributed by atoms with Crippen molar-refractivity contribution in [3.63, 3.8) is 0 Å². The fourth-order valence-corrected chi connectivity index (χ4v) is 4.10. The van der Waals surface area contributed by atoms with Crippen molar-refractivity contribution < 1.29 is 4.79 Å². The van der Waals surface area contributed by atoms with Crippen molar-refractivity contribution in [2.75, 3.05) is 18.9 Å². The van der Waals surface area contributed by atoms with Crippen LogP contribution < -0.4 is 5.32 Å². The molecule has 2 aromatic heterocycles. The van der Waals surface area contributed by atoms with Crippen LogP contribution in [-0.4, -0.2) is 39.2 Å². The fraction of sp³-hybridized carbons (Fsp3) is 0.190. The first-order chi connectivity index (χ1) is 13.6. The molecule has 0 unspecified atom stereocenters. The van der Waals surface area contributed by atoms with E-state index in [9.17, 15) is 4.79 Å². The summed E-state index contributed by atoms with van der Waals surface area (Å²) < 4.78 is 2.92. The van der Waals surface area contributed by atoms with Crippen LogP contribution in [0.5, 0.6) is 0 Å². The summed E-state index contributed by atoms with van der Waals surface area (Å²) >= 11 is 1.66. The monoisotopic (exact) mass is 391 g/mol. The van der Waals surface area contributed by atoms with Gasteiger partial charge in [-0.15, -0.1) is 11.3 Å². The molecular formula is C21H21N5OS. The van der Waals surface area contributed by atoms with Gasteiger partial charge in [0.1, 0.15) is 10.8 Å². The molecule has 28 heavy (non-hydrogen) atoms. The number of carbonyl (C=O) groups excluding carboxylic acids is 1. The maximum Gasteiger partial charge on any atom is 0.239 e. The first-order valence-electron chi connectivity index (χ1n) is 9.03. The zero-order valence-corrected chi connectivity index (χ0v) is 16.6. The van der Waals surface area contributed by atoms with Crippen molar-refractivity contribution in [1.29, 1.82) is 0 Å². The van der Waals surface area contributed by atoms with E-state index in [4.69, 9.17) is 0 Å². The molecule has 0 saturated carbocycles. The summed E-state index contributed by atoms with van der Waals surface area (Å²) in [4.78, 5) is 19.2. The molecule has 2 aromatic carbocycles. The summed E-state index contributed by atoms with van der Waals surface area (Å²) in [5, 5.41) is 8.46. The maximum absolute atomic E-state index is 12.6. The van der Waals surface area contributed by atoms with Gasteiger partial charge in [0.15, 0.2) is 0 Å². The highest BCUT2D eigenvalue weighted by Crippen LogP contribution is 2.22. The molecule has 0 saturated heterocycles. The van der Waals surface area contributed by atoms with Gasteiger partial charge in [-0.25, -0.2) is 9.67 Å². The van der Waals surface area contributed by atoms with Crippen LogP contribution in [0.1, 0.15) is 10.7 Å². The van der Waals surface area contributed by atoms with Gasteiger partial charge in [-0.2, -0.15) is 5.10 Å². The van der Waals surface area contributed by atoms with E-state index < -0.39 is 0 Å². The molecule has 0 spiro atoms. The zero-order chi connectivity index (χ0) is 19.5. The van der Waals surface area contributed by atoms with E-state index >= 15 is 0 Å². The predicted octanol–water partition coefficient (Wildman–Crippen LogP) is 3.86. The maximum atomic E-state index is 12.6. The number of nitrogens with one attached hydrogen (secondary N) is 1. The molecule has 0 fully saturated rings. The number of fused-ring (bicyclic) bond motifs is 1. The van der Waals surface area contributed by atoms with E-state index in [1.807, 2.05) is 73.5 Å². The van der Waals surface area contributed by atoms with Gasteiger partial charge in [0, 0.05) is 6.07 Å². The molecule has 1 N–H and O–H groups in total. The lowest BCUT2D eigenvalue weighted by Gasteiger charge is -2.15. The summed E-state index contributed by atoms with van der Waals surface area (Å²) in [6.45, 7) is 2.81. The van der Waals surface area contributed by atoms with Crippen LogP contribution >= 0.6 is 11.3 Å². The number of hydrogen-bond donors (Lipinski definition) is 1. The molecule has 142 valence electrons. The third-order valence-electron chi connectivity index (χ3n) is 4.26. The number of hydrogen-bond acceptors (Lipinski definition) is 5. The average molecular weight is 392 g/mol. The largest absolute Gasteiger partial charge is 0.309 e. The molecule has 1 amide bonds. The number of anilines is 1. The number of aromatic nitrogens is 3. The highest BCUT2D eigenvalue weighted by Gasteiger charge is 2.14. The van der Waals surface area contributed by atoms with Gasteiger partial charge in [0.25, 0.3) is 0 Å². The van der Waals surface area contributed by atoms with Gasteiger partial charge in [-0.1, -0.05) is 30.3 Å². The molecule has 0 bridgehead atoms. The summed E-state index contributed by atoms with van der Waals surface area (Å²) in [6.07, 6.45) is 0. The Balaban J connectivity index is 1.42. The Hall–Kier alpha value is -3.03. The van der Waals surface area contributed by atoms with E-state index in [0.29, 0.717) is 12.4 Å². The lowest BCUT2D eigenvalue weighted by Crippen LogP contribution is -2.30. The van der Waals surface area contributed by atoms with E-state index in [2.05, 4.69) is 21.5 Å². The number of amides is 1. The molecule has 0 aliphatic heterocycles. The smallest absolute Gasteiger partial charge is 0.239 e. The SMILES string of the molecule is Cc1cc(NC(=O)CN(C)Cc2nc3ccccc3s2)n(-c2ccccc2)n1. The number of nitrogens with zero attached hydrogens (tertiary/aromatic N) is 4. The highest BCUT2D eigenvalue weighted by molar-refractivity contribution is 7.18. The number of rotatable bonds is 6. The van der Waals surface area contributed by atoms with E-state index in [-0.39, 0.29) is 12.5 Å². The standard InChI is InChI=1S/C21H21N5OS/c1-15-12-19(26(24-15)16-8-4-3-5-9-16)23-20(27)13-25(2)14-21-22-17-10-6-7-11-18(17)28-21/h3-12H,13-14H2,1-2H3,(H,23,27). The molecule has 0 aliphatic carbocycles. The second-order valence-corrected chi connectivity index (χ2v) is 7.83. The van der Waals surface area contributed by atoms with Crippen LogP contribution in [0.4, 0.5) is 5.82 Å². The van der Waals surface area contributed by atoms with Crippen LogP contribution in [0.15, 0.2) is 60.7 Å². The number of carbonyl (C=O) groups is 1. The highest BCUT2D eigenvalue weighted by atomic mass is 32.1. The Morgan fingerprint density at radius 3 is 2.68 bits per heavy atom. The number of likely N-dealkylation sites (N-methyl/N-ethyl adjacent to an activating group) is 1. The van der Waals surface area contributed by atoms with Crippen molar-refractivity contribution in [2.45, 2.75) is 13.5 Å². The molecule has 0 radical (unpaired) electrons. The van der Waals surface area contributed by atoms with Crippen molar-refractivity contribution in [3.8, 4) is 5.69 Å². The Labute approximate surface area is 167 Å². The van der Waals surface area contributed by atoms with Crippen LogP contribution in [0.3, 0.4) is 0 Å². The Morgan fingerprint density at radius 2 is 1.89 bits per heavy atom. The van der Waals surface area contributed by atoms with Gasteiger partial charge in [0.2, 0.25) is 5.91 Å². The van der Waals surface area contributed by atoms with Crippen molar-refractivity contribution in [3.05, 3.63) is 71.4 Å². The van der Waals surface area contributed by atoms with E-state index in [1.54, 1.807) is 16.0 Å². The van der Waals surface area contributed by atoms with Gasteiger partial charge in [-0.3, -0.25) is 9.69 Å². The molecule has 2 heterocycles. The lowest BCUT2D eigenvalue weighted by atomic mass is 10.3. The van der Waals surface area contributed by atoms with E-state index in [0.717, 1.165) is 26.6 Å². The molecule has 6 nitrogen and oxygen atoms in total. The second-order valence-electron chi connectivity index (χ2n) is 6.71. The fourth-order valence-electron chi connectivity index (χ4n) is 3.06. The summed E-state index contributed by atoms with van der Waals surface area (Å²) in [7, 11) is 1.92. The first-order valence-corrected chi connectivity index (χ1v) is 9.85. The minimum Gasteiger partial charge on any atom is -0.309 e. The minimum absolute atomic E-state index is 0.0827. The van der Waals surface area contributed by atoms with Crippen molar-refractivity contribution in [1.82, 2.24) is 19.7 Å². The molecule has 0 atom stereocenters. The van der Waals surface area contributed by atoms with E-state index in [1.165, 1.54) is 0 Å². The number of benzene rings is 2. The van der Waals surface area contributed by atoms with Crippen molar-refractivity contribution in [2.24, 2.45) is 0 Å². The average Bonchev–Trinajstić information content (AvgIpc) is 3.24. The molecular weight excluding hydrogens is 370 g/mol. The molecule has 4 aromatic rings. The zero-order valence-electron chi connectivity index (χ0n) is 15.8. The summed E-state index contributed by atoms with van der Waals surface area (Å²) in [5.74, 6) is 0.586. The topological polar surface area (TPSA) is 63.1 Å². The van der Waals surface area contributed by atoms with Gasteiger partial charge in [0.05, 0.1) is 34.7 Å². The number of thiazole rings is 1. The molecule has 7 heteroatoms. The third-order valence-corrected chi connectivity index (χ3v) is 5.28. The van der Waals surface area contributed by atoms with Crippen molar-refractivity contribution >= 4 is 33.3 Å². The third kappa shape index (κ3) is 4.11. The summed E-state index contributed by atoms with van der Waals surface area (Å²) in [5.41, 5.74) is 2.76. The number of para-hydroxylation sites is 2. The summed E-state index contributed by atoms with van der Waals surface area (Å²) in [6, 6.07) is 19.7. The van der Waals surface area contributed by atoms with Crippen LogP contribution in [0.2, 0.25) is 0 Å². The number of aryl methyl sites for hydroxylation is 1. The first kappa shape index (κ1) is 18.3. The lowest BCUT2D eigenvalue weighted by molar-refractivity contribution is -0.117. The molecule has 0 aliphatic rings. The second kappa shape index (κ2) is 7.92. The Morgan fingerprint density at radius 1 is 1.14 bits per heavy atom.